The standard InChI is InChI=1S/C13H16N6O2/c14-13(20)19-5-4-11(7-19)21-8-9-2-1-3-10(6-9)12-15-17-18-16-12/h1-3,6,11H,4-5,7-8H2,(H2,14,20)(H,15,16,17,18). The van der Waals surface area contributed by atoms with E-state index in [2.05, 4.69) is 20.6 Å². The number of nitrogens with one attached hydrogen (secondary N) is 1. The molecule has 8 heteroatoms. The van der Waals surface area contributed by atoms with Gasteiger partial charge in [0.15, 0.2) is 5.82 Å². The van der Waals surface area contributed by atoms with Gasteiger partial charge in [-0.25, -0.2) is 9.89 Å². The van der Waals surface area contributed by atoms with Gasteiger partial charge in [0.05, 0.1) is 12.7 Å². The van der Waals surface area contributed by atoms with Crippen LogP contribution in [0.2, 0.25) is 0 Å². The molecule has 2 amide bonds. The lowest BCUT2D eigenvalue weighted by molar-refractivity contribution is 0.0490. The van der Waals surface area contributed by atoms with Crippen LogP contribution in [0.5, 0.6) is 0 Å². The average Bonchev–Trinajstić information content (AvgIpc) is 3.17. The lowest BCUT2D eigenvalue weighted by atomic mass is 10.1. The van der Waals surface area contributed by atoms with Crippen LogP contribution in [0.3, 0.4) is 0 Å². The number of aromatic nitrogens is 4. The molecule has 8 nitrogen and oxygen atoms in total. The summed E-state index contributed by atoms with van der Waals surface area (Å²) >= 11 is 0. The average molecular weight is 288 g/mol. The van der Waals surface area contributed by atoms with Gasteiger partial charge in [0.1, 0.15) is 0 Å². The van der Waals surface area contributed by atoms with Gasteiger partial charge in [0.2, 0.25) is 0 Å². The summed E-state index contributed by atoms with van der Waals surface area (Å²) in [5, 5.41) is 13.7. The minimum Gasteiger partial charge on any atom is -0.372 e. The van der Waals surface area contributed by atoms with Crippen molar-refractivity contribution >= 4 is 6.03 Å². The molecule has 3 rings (SSSR count). The highest BCUT2D eigenvalue weighted by Crippen LogP contribution is 2.18. The monoisotopic (exact) mass is 288 g/mol. The smallest absolute Gasteiger partial charge is 0.314 e. The van der Waals surface area contributed by atoms with Crippen molar-refractivity contribution in [2.75, 3.05) is 13.1 Å². The first-order valence-electron chi connectivity index (χ1n) is 6.71. The van der Waals surface area contributed by atoms with Crippen LogP contribution in [0.15, 0.2) is 24.3 Å². The number of hydrogen-bond donors (Lipinski definition) is 2. The molecule has 2 aromatic rings. The van der Waals surface area contributed by atoms with E-state index >= 15 is 0 Å². The van der Waals surface area contributed by atoms with Gasteiger partial charge < -0.3 is 15.4 Å². The quantitative estimate of drug-likeness (QED) is 0.853. The first kappa shape index (κ1) is 13.5. The third-order valence-electron chi connectivity index (χ3n) is 3.49. The number of carbonyl (C=O) groups excluding carboxylic acids is 1. The SMILES string of the molecule is NC(=O)N1CCC(OCc2cccc(-c3nnn[nH]3)c2)C1. The number of nitrogens with zero attached hydrogens (tertiary/aromatic N) is 4. The number of urea groups is 1. The molecule has 1 aromatic carbocycles. The first-order chi connectivity index (χ1) is 10.2. The maximum atomic E-state index is 11.1. The van der Waals surface area contributed by atoms with Crippen molar-refractivity contribution in [3.8, 4) is 11.4 Å². The zero-order valence-corrected chi connectivity index (χ0v) is 11.4. The van der Waals surface area contributed by atoms with Crippen molar-refractivity contribution in [1.82, 2.24) is 25.5 Å². The fourth-order valence-electron chi connectivity index (χ4n) is 2.37. The Hall–Kier alpha value is -2.48. The van der Waals surface area contributed by atoms with Gasteiger partial charge >= 0.3 is 6.03 Å². The number of benzene rings is 1. The van der Waals surface area contributed by atoms with Crippen molar-refractivity contribution in [3.05, 3.63) is 29.8 Å². The van der Waals surface area contributed by atoms with Gasteiger partial charge in [-0.3, -0.25) is 0 Å². The Kier molecular flexibility index (Phi) is 3.78. The van der Waals surface area contributed by atoms with Crippen LogP contribution in [-0.4, -0.2) is 50.7 Å². The second kappa shape index (κ2) is 5.88. The maximum Gasteiger partial charge on any atom is 0.314 e. The molecule has 1 aliphatic heterocycles. The Morgan fingerprint density at radius 1 is 1.52 bits per heavy atom. The van der Waals surface area contributed by atoms with Crippen LogP contribution in [-0.2, 0) is 11.3 Å². The number of likely N-dealkylation sites (tertiary alicyclic amines) is 1. The predicted molar refractivity (Wildman–Crippen MR) is 74.0 cm³/mol. The Balaban J connectivity index is 1.59. The number of H-pyrrole nitrogens is 1. The van der Waals surface area contributed by atoms with Crippen LogP contribution in [0.25, 0.3) is 11.4 Å². The summed E-state index contributed by atoms with van der Waals surface area (Å²) in [6.45, 7) is 1.69. The van der Waals surface area contributed by atoms with E-state index in [0.717, 1.165) is 17.5 Å². The number of amides is 2. The van der Waals surface area contributed by atoms with Crippen LogP contribution < -0.4 is 5.73 Å². The number of hydrogen-bond acceptors (Lipinski definition) is 5. The molecular weight excluding hydrogens is 272 g/mol. The molecule has 0 spiro atoms. The number of carbonyl (C=O) groups is 1. The molecule has 1 aliphatic rings. The highest BCUT2D eigenvalue weighted by atomic mass is 16.5. The summed E-state index contributed by atoms with van der Waals surface area (Å²) in [7, 11) is 0. The Morgan fingerprint density at radius 2 is 2.43 bits per heavy atom. The minimum absolute atomic E-state index is 0.0353. The molecule has 0 saturated carbocycles. The molecule has 1 unspecified atom stereocenters. The summed E-state index contributed by atoms with van der Waals surface area (Å²) in [6.07, 6.45) is 0.849. The number of primary amides is 1. The summed E-state index contributed by atoms with van der Waals surface area (Å²) in [5.41, 5.74) is 7.19. The molecule has 1 atom stereocenters. The van der Waals surface area contributed by atoms with Crippen LogP contribution in [0.4, 0.5) is 4.79 Å². The molecule has 0 bridgehead atoms. The maximum absolute atomic E-state index is 11.1. The van der Waals surface area contributed by atoms with E-state index in [9.17, 15) is 4.79 Å². The van der Waals surface area contributed by atoms with E-state index in [1.54, 1.807) is 4.90 Å². The predicted octanol–water partition coefficient (Wildman–Crippen LogP) is 0.536. The highest BCUT2D eigenvalue weighted by Gasteiger charge is 2.25. The summed E-state index contributed by atoms with van der Waals surface area (Å²) in [5.74, 6) is 0.623. The lowest BCUT2D eigenvalue weighted by Gasteiger charge is -2.14. The van der Waals surface area contributed by atoms with Gasteiger partial charge in [-0.2, -0.15) is 0 Å². The van der Waals surface area contributed by atoms with E-state index < -0.39 is 0 Å². The van der Waals surface area contributed by atoms with Gasteiger partial charge in [0.25, 0.3) is 0 Å². The topological polar surface area (TPSA) is 110 Å². The third kappa shape index (κ3) is 3.16. The van der Waals surface area contributed by atoms with Crippen LogP contribution in [0, 0.1) is 0 Å². The number of aromatic amines is 1. The molecule has 3 N–H and O–H groups in total. The zero-order valence-electron chi connectivity index (χ0n) is 11.4. The Bertz CT molecular complexity index is 615. The number of nitrogens with two attached hydrogens (primary N) is 1. The summed E-state index contributed by atoms with van der Waals surface area (Å²) in [6, 6.07) is 7.43. The molecule has 0 radical (unpaired) electrons. The van der Waals surface area contributed by atoms with Crippen LogP contribution >= 0.6 is 0 Å². The second-order valence-corrected chi connectivity index (χ2v) is 4.96. The van der Waals surface area contributed by atoms with Crippen molar-refractivity contribution in [2.45, 2.75) is 19.1 Å². The first-order valence-corrected chi connectivity index (χ1v) is 6.71. The fraction of sp³-hybridized carbons (Fsp3) is 0.385. The molecule has 1 aromatic heterocycles. The van der Waals surface area contributed by atoms with Gasteiger partial charge in [-0.05, 0) is 28.5 Å². The molecule has 110 valence electrons. The second-order valence-electron chi connectivity index (χ2n) is 4.96. The summed E-state index contributed by atoms with van der Waals surface area (Å²) < 4.78 is 5.83. The largest absolute Gasteiger partial charge is 0.372 e. The molecule has 1 saturated heterocycles. The molecular formula is C13H16N6O2. The van der Waals surface area contributed by atoms with E-state index in [0.29, 0.717) is 25.5 Å². The Morgan fingerprint density at radius 3 is 3.14 bits per heavy atom. The van der Waals surface area contributed by atoms with Gasteiger partial charge in [-0.15, -0.1) is 5.10 Å². The van der Waals surface area contributed by atoms with Crippen LogP contribution in [0.1, 0.15) is 12.0 Å². The van der Waals surface area contributed by atoms with E-state index in [1.807, 2.05) is 24.3 Å². The van der Waals surface area contributed by atoms with Gasteiger partial charge in [-0.1, -0.05) is 18.2 Å². The van der Waals surface area contributed by atoms with Crippen molar-refractivity contribution in [2.24, 2.45) is 5.73 Å². The lowest BCUT2D eigenvalue weighted by Crippen LogP contribution is -2.34. The van der Waals surface area contributed by atoms with Crippen molar-refractivity contribution in [3.63, 3.8) is 0 Å². The number of tetrazole rings is 1. The van der Waals surface area contributed by atoms with Crippen molar-refractivity contribution in [1.29, 1.82) is 0 Å². The van der Waals surface area contributed by atoms with E-state index in [-0.39, 0.29) is 12.1 Å². The number of rotatable bonds is 4. The van der Waals surface area contributed by atoms with Gasteiger partial charge in [0, 0.05) is 18.7 Å². The normalized spacial score (nSPS) is 18.1. The Labute approximate surface area is 121 Å². The van der Waals surface area contributed by atoms with Crippen molar-refractivity contribution < 1.29 is 9.53 Å². The fourth-order valence-corrected chi connectivity index (χ4v) is 2.37. The van der Waals surface area contributed by atoms with E-state index in [4.69, 9.17) is 10.5 Å². The molecule has 2 heterocycles. The minimum atomic E-state index is -0.388. The zero-order chi connectivity index (χ0) is 14.7. The third-order valence-corrected chi connectivity index (χ3v) is 3.49. The summed E-state index contributed by atoms with van der Waals surface area (Å²) in [4.78, 5) is 12.7. The molecule has 0 aliphatic carbocycles. The molecule has 21 heavy (non-hydrogen) atoms. The molecule has 1 fully saturated rings. The number of ether oxygens (including phenoxy) is 1. The van der Waals surface area contributed by atoms with E-state index in [1.165, 1.54) is 0 Å². The highest BCUT2D eigenvalue weighted by molar-refractivity contribution is 5.72.